The lowest BCUT2D eigenvalue weighted by Crippen LogP contribution is -2.40. The van der Waals surface area contributed by atoms with Gasteiger partial charge in [-0.15, -0.1) is 0 Å². The van der Waals surface area contributed by atoms with E-state index >= 15 is 0 Å². The van der Waals surface area contributed by atoms with Gasteiger partial charge in [0.05, 0.1) is 0 Å². The summed E-state index contributed by atoms with van der Waals surface area (Å²) in [4.78, 5) is 26.3. The van der Waals surface area contributed by atoms with Gasteiger partial charge in [-0.2, -0.15) is 0 Å². The normalized spacial score (nSPS) is 15.5. The highest BCUT2D eigenvalue weighted by atomic mass is 16.5. The molecule has 0 saturated carbocycles. The number of hydrogen-bond acceptors (Lipinski definition) is 3. The van der Waals surface area contributed by atoms with E-state index in [1.54, 1.807) is 24.3 Å². The van der Waals surface area contributed by atoms with Gasteiger partial charge in [0.1, 0.15) is 5.75 Å². The third-order valence-corrected chi connectivity index (χ3v) is 4.51. The third kappa shape index (κ3) is 4.27. The molecule has 2 aromatic rings. The van der Waals surface area contributed by atoms with Crippen LogP contribution in [-0.2, 0) is 4.79 Å². The van der Waals surface area contributed by atoms with Crippen molar-refractivity contribution in [2.45, 2.75) is 32.3 Å². The average molecular weight is 337 g/mol. The van der Waals surface area contributed by atoms with E-state index < -0.39 is 6.10 Å². The molecule has 0 aromatic heterocycles. The quantitative estimate of drug-likeness (QED) is 0.774. The van der Waals surface area contributed by atoms with Crippen LogP contribution in [0.3, 0.4) is 0 Å². The molecule has 0 spiro atoms. The lowest BCUT2D eigenvalue weighted by atomic mass is 10.1. The summed E-state index contributed by atoms with van der Waals surface area (Å²) in [7, 11) is 0. The van der Waals surface area contributed by atoms with Crippen LogP contribution in [0.2, 0.25) is 0 Å². The Bertz CT molecular complexity index is 719. The van der Waals surface area contributed by atoms with Gasteiger partial charge in [-0.3, -0.25) is 9.59 Å². The van der Waals surface area contributed by atoms with Crippen molar-refractivity contribution in [2.24, 2.45) is 0 Å². The lowest BCUT2D eigenvalue weighted by Gasteiger charge is -2.30. The number of hydrogen-bond donors (Lipinski definition) is 0. The van der Waals surface area contributed by atoms with Gasteiger partial charge in [-0.25, -0.2) is 0 Å². The summed E-state index contributed by atoms with van der Waals surface area (Å²) < 4.78 is 6.05. The van der Waals surface area contributed by atoms with Crippen LogP contribution in [0.25, 0.3) is 0 Å². The molecule has 0 aliphatic carbocycles. The fraction of sp³-hybridized carbons (Fsp3) is 0.333. The second kappa shape index (κ2) is 7.97. The molecule has 4 heteroatoms. The van der Waals surface area contributed by atoms with Crippen molar-refractivity contribution in [3.8, 4) is 5.75 Å². The molecule has 0 bridgehead atoms. The molecule has 25 heavy (non-hydrogen) atoms. The van der Waals surface area contributed by atoms with E-state index in [1.165, 1.54) is 13.3 Å². The van der Waals surface area contributed by atoms with Crippen LogP contribution < -0.4 is 4.74 Å². The van der Waals surface area contributed by atoms with E-state index in [-0.39, 0.29) is 11.7 Å². The number of rotatable bonds is 5. The summed E-state index contributed by atoms with van der Waals surface area (Å²) in [6.07, 6.45) is 2.59. The topological polar surface area (TPSA) is 46.6 Å². The monoisotopic (exact) mass is 337 g/mol. The van der Waals surface area contributed by atoms with Gasteiger partial charge in [0.15, 0.2) is 5.78 Å². The first kappa shape index (κ1) is 17.2. The van der Waals surface area contributed by atoms with Gasteiger partial charge in [0.2, 0.25) is 6.10 Å². The van der Waals surface area contributed by atoms with E-state index in [9.17, 15) is 9.59 Å². The zero-order valence-electron chi connectivity index (χ0n) is 14.5. The van der Waals surface area contributed by atoms with Crippen molar-refractivity contribution >= 4 is 11.7 Å². The largest absolute Gasteiger partial charge is 0.476 e. The first-order valence-electron chi connectivity index (χ1n) is 8.76. The molecule has 4 nitrogen and oxygen atoms in total. The Hall–Kier alpha value is -2.62. The zero-order chi connectivity index (χ0) is 17.6. The highest BCUT2D eigenvalue weighted by Gasteiger charge is 2.28. The number of carbonyl (C=O) groups excluding carboxylic acids is 2. The molecule has 1 heterocycles. The second-order valence-electron chi connectivity index (χ2n) is 6.38. The number of likely N-dealkylation sites (tertiary alicyclic amines) is 1. The zero-order valence-corrected chi connectivity index (χ0v) is 14.5. The van der Waals surface area contributed by atoms with Crippen molar-refractivity contribution in [1.82, 2.24) is 4.90 Å². The highest BCUT2D eigenvalue weighted by Crippen LogP contribution is 2.26. The second-order valence-corrected chi connectivity index (χ2v) is 6.38. The Morgan fingerprint density at radius 1 is 0.920 bits per heavy atom. The van der Waals surface area contributed by atoms with E-state index in [0.29, 0.717) is 11.3 Å². The maximum atomic E-state index is 13.0. The Morgan fingerprint density at radius 2 is 1.56 bits per heavy atom. The van der Waals surface area contributed by atoms with Gasteiger partial charge >= 0.3 is 0 Å². The molecule has 1 saturated heterocycles. The Labute approximate surface area is 148 Å². The number of carbonyl (C=O) groups is 2. The van der Waals surface area contributed by atoms with E-state index in [0.717, 1.165) is 31.5 Å². The molecular weight excluding hydrogens is 314 g/mol. The molecule has 1 atom stereocenters. The minimum Gasteiger partial charge on any atom is -0.476 e. The van der Waals surface area contributed by atoms with Crippen molar-refractivity contribution in [3.63, 3.8) is 0 Å². The molecule has 1 fully saturated rings. The van der Waals surface area contributed by atoms with Crippen LogP contribution in [0.15, 0.2) is 54.6 Å². The molecule has 0 radical (unpaired) electrons. The molecule has 1 amide bonds. The minimum absolute atomic E-state index is 0.00143. The number of piperidine rings is 1. The average Bonchev–Trinajstić information content (AvgIpc) is 2.67. The smallest absolute Gasteiger partial charge is 0.268 e. The fourth-order valence-corrected chi connectivity index (χ4v) is 3.07. The number of benzene rings is 2. The fourth-order valence-electron chi connectivity index (χ4n) is 3.07. The van der Waals surface area contributed by atoms with E-state index in [2.05, 4.69) is 0 Å². The van der Waals surface area contributed by atoms with Crippen molar-refractivity contribution in [1.29, 1.82) is 0 Å². The maximum absolute atomic E-state index is 13.0. The molecule has 1 aliphatic rings. The molecule has 2 aromatic carbocycles. The van der Waals surface area contributed by atoms with Gasteiger partial charge in [-0.1, -0.05) is 30.3 Å². The van der Waals surface area contributed by atoms with E-state index in [1.807, 2.05) is 35.2 Å². The SMILES string of the molecule is CC(=O)c1ccc(O[C@@H](C(=O)N2CCCCC2)c2ccccc2)cc1. The number of amides is 1. The summed E-state index contributed by atoms with van der Waals surface area (Å²) >= 11 is 0. The Kier molecular flexibility index (Phi) is 5.49. The first-order chi connectivity index (χ1) is 12.1. The molecule has 0 unspecified atom stereocenters. The molecule has 0 N–H and O–H groups in total. The van der Waals surface area contributed by atoms with Crippen LogP contribution in [0.1, 0.15) is 48.2 Å². The summed E-state index contributed by atoms with van der Waals surface area (Å²) in [6.45, 7) is 3.10. The standard InChI is InChI=1S/C21H23NO3/c1-16(23)17-10-12-19(13-11-17)25-20(18-8-4-2-5-9-18)21(24)22-14-6-3-7-15-22/h2,4-5,8-13,20H,3,6-7,14-15H2,1H3/t20-/m1/s1. The highest BCUT2D eigenvalue weighted by molar-refractivity contribution is 5.94. The summed E-state index contributed by atoms with van der Waals surface area (Å²) in [6, 6.07) is 16.5. The number of ether oxygens (including phenoxy) is 1. The predicted octanol–water partition coefficient (Wildman–Crippen LogP) is 4.02. The lowest BCUT2D eigenvalue weighted by molar-refractivity contribution is -0.140. The van der Waals surface area contributed by atoms with Crippen molar-refractivity contribution in [2.75, 3.05) is 13.1 Å². The summed E-state index contributed by atoms with van der Waals surface area (Å²) in [5.41, 5.74) is 1.47. The Balaban J connectivity index is 1.83. The molecular formula is C21H23NO3. The molecule has 130 valence electrons. The number of Topliss-reactive ketones (excluding diaryl/α,β-unsaturated/α-hetero) is 1. The van der Waals surface area contributed by atoms with Crippen molar-refractivity contribution in [3.05, 3.63) is 65.7 Å². The predicted molar refractivity (Wildman–Crippen MR) is 96.7 cm³/mol. The van der Waals surface area contributed by atoms with Crippen molar-refractivity contribution < 1.29 is 14.3 Å². The number of ketones is 1. The van der Waals surface area contributed by atoms with Gasteiger partial charge in [-0.05, 0) is 50.5 Å². The van der Waals surface area contributed by atoms with Crippen LogP contribution in [0, 0.1) is 0 Å². The van der Waals surface area contributed by atoms with Gasteiger partial charge in [0.25, 0.3) is 5.91 Å². The summed E-state index contributed by atoms with van der Waals surface area (Å²) in [5.74, 6) is 0.598. The maximum Gasteiger partial charge on any atom is 0.268 e. The third-order valence-electron chi connectivity index (χ3n) is 4.51. The van der Waals surface area contributed by atoms with Crippen LogP contribution >= 0.6 is 0 Å². The molecule has 3 rings (SSSR count). The number of nitrogens with zero attached hydrogens (tertiary/aromatic N) is 1. The Morgan fingerprint density at radius 3 is 2.16 bits per heavy atom. The van der Waals surface area contributed by atoms with Crippen LogP contribution in [0.4, 0.5) is 0 Å². The minimum atomic E-state index is -0.664. The van der Waals surface area contributed by atoms with E-state index in [4.69, 9.17) is 4.74 Å². The first-order valence-corrected chi connectivity index (χ1v) is 8.76. The van der Waals surface area contributed by atoms with Gasteiger partial charge in [0, 0.05) is 24.2 Å². The summed E-state index contributed by atoms with van der Waals surface area (Å²) in [5, 5.41) is 0. The molecule has 1 aliphatic heterocycles. The van der Waals surface area contributed by atoms with Crippen LogP contribution in [-0.4, -0.2) is 29.7 Å². The van der Waals surface area contributed by atoms with Crippen LogP contribution in [0.5, 0.6) is 5.75 Å². The van der Waals surface area contributed by atoms with Gasteiger partial charge < -0.3 is 9.64 Å².